The summed E-state index contributed by atoms with van der Waals surface area (Å²) >= 11 is 11.1. The van der Waals surface area contributed by atoms with Gasteiger partial charge in [0.15, 0.2) is 4.84 Å². The summed E-state index contributed by atoms with van der Waals surface area (Å²) in [5.41, 5.74) is 2.65. The second-order valence-corrected chi connectivity index (χ2v) is 4.80. The van der Waals surface area contributed by atoms with Gasteiger partial charge in [0.1, 0.15) is 0 Å². The number of hydrogen-bond donors (Lipinski definition) is 1. The van der Waals surface area contributed by atoms with E-state index in [1.54, 1.807) is 0 Å². The largest absolute Gasteiger partial charge is 0.323 e. The van der Waals surface area contributed by atoms with E-state index < -0.39 is 10.7 Å². The van der Waals surface area contributed by atoms with Gasteiger partial charge in [-0.3, -0.25) is 4.79 Å². The van der Waals surface area contributed by atoms with Gasteiger partial charge in [0.2, 0.25) is 0 Å². The molecule has 0 saturated heterocycles. The number of carbonyl (C=O) groups is 1. The van der Waals surface area contributed by atoms with E-state index in [0.29, 0.717) is 5.69 Å². The van der Waals surface area contributed by atoms with Crippen molar-refractivity contribution >= 4 is 34.8 Å². The van der Waals surface area contributed by atoms with Crippen LogP contribution in [-0.4, -0.2) is 10.7 Å². The smallest absolute Gasteiger partial charge is 0.257 e. The van der Waals surface area contributed by atoms with Gasteiger partial charge in [0, 0.05) is 11.3 Å². The molecule has 0 spiro atoms. The fourth-order valence-corrected chi connectivity index (χ4v) is 1.76. The zero-order chi connectivity index (χ0) is 13.0. The van der Waals surface area contributed by atoms with Crippen LogP contribution in [-0.2, 0) is 4.79 Å². The molecule has 0 aliphatic heterocycles. The highest BCUT2D eigenvalue weighted by Crippen LogP contribution is 2.27. The number of alkyl halides is 2. The highest BCUT2D eigenvalue weighted by atomic mass is 35.5. The molecule has 0 aromatic heterocycles. The average Bonchev–Trinajstić information content (AvgIpc) is 2.40. The summed E-state index contributed by atoms with van der Waals surface area (Å²) in [4.78, 5) is 10.4. The highest BCUT2D eigenvalue weighted by molar-refractivity contribution is 6.54. The lowest BCUT2D eigenvalue weighted by Gasteiger charge is -2.11. The summed E-state index contributed by atoms with van der Waals surface area (Å²) in [6.45, 7) is 0. The molecule has 0 atom stereocenters. The van der Waals surface area contributed by atoms with Crippen molar-refractivity contribution in [2.75, 3.05) is 5.32 Å². The van der Waals surface area contributed by atoms with Crippen LogP contribution in [0.2, 0.25) is 0 Å². The molecule has 4 heteroatoms. The molecule has 0 saturated carbocycles. The van der Waals surface area contributed by atoms with Crippen LogP contribution in [0.1, 0.15) is 0 Å². The van der Waals surface area contributed by atoms with Crippen LogP contribution in [0.25, 0.3) is 11.1 Å². The Morgan fingerprint density at radius 3 is 2.22 bits per heavy atom. The van der Waals surface area contributed by atoms with Gasteiger partial charge in [-0.15, -0.1) is 0 Å². The molecular weight excluding hydrogens is 269 g/mol. The van der Waals surface area contributed by atoms with Gasteiger partial charge in [-0.05, 0) is 11.6 Å². The number of anilines is 1. The summed E-state index contributed by atoms with van der Waals surface area (Å²) in [6.07, 6.45) is 0. The van der Waals surface area contributed by atoms with Crippen molar-refractivity contribution in [3.8, 4) is 11.1 Å². The lowest BCUT2D eigenvalue weighted by molar-refractivity contribution is -0.114. The summed E-state index contributed by atoms with van der Waals surface area (Å²) in [7, 11) is 0. The predicted octanol–water partition coefficient (Wildman–Crippen LogP) is 4.10. The minimum atomic E-state index is -1.08. The highest BCUT2D eigenvalue weighted by Gasteiger charge is 2.13. The number of benzene rings is 2. The van der Waals surface area contributed by atoms with Gasteiger partial charge in [-0.1, -0.05) is 71.7 Å². The molecule has 1 N–H and O–H groups in total. The standard InChI is InChI=1S/C14H11Cl2NO/c15-13(16)14(18)17-12-9-5-4-8-11(12)10-6-2-1-3-7-10/h1-9,13H,(H,17,18). The molecule has 0 heterocycles. The van der Waals surface area contributed by atoms with Gasteiger partial charge in [0.25, 0.3) is 5.91 Å². The molecule has 1 amide bonds. The zero-order valence-electron chi connectivity index (χ0n) is 9.44. The van der Waals surface area contributed by atoms with Crippen LogP contribution >= 0.6 is 23.2 Å². The minimum absolute atomic E-state index is 0.429. The lowest BCUT2D eigenvalue weighted by atomic mass is 10.0. The normalized spacial score (nSPS) is 10.4. The Morgan fingerprint density at radius 1 is 0.944 bits per heavy atom. The van der Waals surface area contributed by atoms with Crippen LogP contribution in [0.4, 0.5) is 5.69 Å². The lowest BCUT2D eigenvalue weighted by Crippen LogP contribution is -2.18. The molecule has 0 fully saturated rings. The third-order valence-corrected chi connectivity index (χ3v) is 2.86. The fourth-order valence-electron chi connectivity index (χ4n) is 1.65. The van der Waals surface area contributed by atoms with Gasteiger partial charge in [-0.25, -0.2) is 0 Å². The number of carbonyl (C=O) groups excluding carboxylic acids is 1. The number of para-hydroxylation sites is 1. The Labute approximate surface area is 116 Å². The van der Waals surface area contributed by atoms with Crippen molar-refractivity contribution < 1.29 is 4.79 Å². The first kappa shape index (κ1) is 12.9. The van der Waals surface area contributed by atoms with E-state index in [9.17, 15) is 4.79 Å². The first-order chi connectivity index (χ1) is 8.68. The fraction of sp³-hybridized carbons (Fsp3) is 0.0714. The topological polar surface area (TPSA) is 29.1 Å². The molecule has 92 valence electrons. The number of halogens is 2. The number of amides is 1. The quantitative estimate of drug-likeness (QED) is 0.843. The Morgan fingerprint density at radius 2 is 1.56 bits per heavy atom. The molecule has 2 aromatic carbocycles. The number of rotatable bonds is 3. The monoisotopic (exact) mass is 279 g/mol. The van der Waals surface area contributed by atoms with E-state index in [4.69, 9.17) is 23.2 Å². The molecule has 0 unspecified atom stereocenters. The number of hydrogen-bond acceptors (Lipinski definition) is 1. The van der Waals surface area contributed by atoms with Gasteiger partial charge < -0.3 is 5.32 Å². The van der Waals surface area contributed by atoms with Crippen molar-refractivity contribution in [1.29, 1.82) is 0 Å². The van der Waals surface area contributed by atoms with Crippen LogP contribution in [0.5, 0.6) is 0 Å². The number of nitrogens with one attached hydrogen (secondary N) is 1. The van der Waals surface area contributed by atoms with E-state index in [2.05, 4.69) is 5.32 Å². The molecule has 18 heavy (non-hydrogen) atoms. The maximum atomic E-state index is 11.5. The second-order valence-electron chi connectivity index (χ2n) is 3.70. The zero-order valence-corrected chi connectivity index (χ0v) is 10.9. The van der Waals surface area contributed by atoms with Crippen molar-refractivity contribution in [3.63, 3.8) is 0 Å². The van der Waals surface area contributed by atoms with Crippen LogP contribution in [0.3, 0.4) is 0 Å². The molecule has 0 aliphatic rings. The molecule has 0 bridgehead atoms. The third kappa shape index (κ3) is 3.03. The summed E-state index contributed by atoms with van der Waals surface area (Å²) < 4.78 is 0. The summed E-state index contributed by atoms with van der Waals surface area (Å²) in [5.74, 6) is -0.429. The average molecular weight is 280 g/mol. The molecule has 0 radical (unpaired) electrons. The summed E-state index contributed by atoms with van der Waals surface area (Å²) in [6, 6.07) is 17.3. The molecular formula is C14H11Cl2NO. The molecule has 2 nitrogen and oxygen atoms in total. The van der Waals surface area contributed by atoms with Gasteiger partial charge in [-0.2, -0.15) is 0 Å². The maximum Gasteiger partial charge on any atom is 0.257 e. The Hall–Kier alpha value is -1.51. The van der Waals surface area contributed by atoms with Crippen molar-refractivity contribution in [2.24, 2.45) is 0 Å². The van der Waals surface area contributed by atoms with Crippen LogP contribution in [0.15, 0.2) is 54.6 Å². The van der Waals surface area contributed by atoms with E-state index in [1.165, 1.54) is 0 Å². The van der Waals surface area contributed by atoms with Crippen molar-refractivity contribution in [2.45, 2.75) is 4.84 Å². The third-order valence-electron chi connectivity index (χ3n) is 2.47. The Bertz CT molecular complexity index is 541. The first-order valence-corrected chi connectivity index (χ1v) is 6.29. The van der Waals surface area contributed by atoms with E-state index in [-0.39, 0.29) is 0 Å². The van der Waals surface area contributed by atoms with E-state index in [0.717, 1.165) is 11.1 Å². The van der Waals surface area contributed by atoms with E-state index in [1.807, 2.05) is 54.6 Å². The Balaban J connectivity index is 2.35. The summed E-state index contributed by atoms with van der Waals surface area (Å²) in [5, 5.41) is 2.71. The second kappa shape index (κ2) is 5.89. The Kier molecular flexibility index (Phi) is 4.24. The van der Waals surface area contributed by atoms with Crippen molar-refractivity contribution in [3.05, 3.63) is 54.6 Å². The predicted molar refractivity (Wildman–Crippen MR) is 76.0 cm³/mol. The van der Waals surface area contributed by atoms with Crippen molar-refractivity contribution in [1.82, 2.24) is 0 Å². The molecule has 2 aromatic rings. The first-order valence-electron chi connectivity index (χ1n) is 5.42. The van der Waals surface area contributed by atoms with Gasteiger partial charge in [0.05, 0.1) is 0 Å². The van der Waals surface area contributed by atoms with E-state index >= 15 is 0 Å². The molecule has 0 aliphatic carbocycles. The van der Waals surface area contributed by atoms with Gasteiger partial charge >= 0.3 is 0 Å². The van der Waals surface area contributed by atoms with Crippen LogP contribution in [0, 0.1) is 0 Å². The SMILES string of the molecule is O=C(Nc1ccccc1-c1ccccc1)C(Cl)Cl. The molecule has 2 rings (SSSR count). The maximum absolute atomic E-state index is 11.5. The van der Waals surface area contributed by atoms with Crippen LogP contribution < -0.4 is 5.32 Å². The minimum Gasteiger partial charge on any atom is -0.323 e.